The second kappa shape index (κ2) is 6.20. The molecule has 8 nitrogen and oxygen atoms in total. The standard InChI is InChI=1S/C15H20N8/c1-11-8-18-23(9-11)14-20-12(17-2)19-13(21-14)22-15(10-16)6-4-3-5-7-15/h8-9H,3-7H2,1-2H3,(H2,17,19,20,21,22). The van der Waals surface area contributed by atoms with E-state index in [9.17, 15) is 5.26 Å². The van der Waals surface area contributed by atoms with Gasteiger partial charge in [-0.05, 0) is 25.3 Å². The molecule has 0 spiro atoms. The molecular weight excluding hydrogens is 292 g/mol. The zero-order chi connectivity index (χ0) is 16.3. The summed E-state index contributed by atoms with van der Waals surface area (Å²) in [6.45, 7) is 1.95. The van der Waals surface area contributed by atoms with Gasteiger partial charge < -0.3 is 10.6 Å². The minimum absolute atomic E-state index is 0.399. The molecule has 2 aromatic heterocycles. The van der Waals surface area contributed by atoms with Gasteiger partial charge in [-0.2, -0.15) is 25.3 Å². The van der Waals surface area contributed by atoms with Gasteiger partial charge in [-0.1, -0.05) is 19.3 Å². The van der Waals surface area contributed by atoms with Crippen LogP contribution >= 0.6 is 0 Å². The minimum atomic E-state index is -0.595. The monoisotopic (exact) mass is 312 g/mol. The molecule has 1 aliphatic rings. The highest BCUT2D eigenvalue weighted by molar-refractivity contribution is 5.41. The van der Waals surface area contributed by atoms with E-state index >= 15 is 0 Å². The quantitative estimate of drug-likeness (QED) is 0.890. The molecule has 0 bridgehead atoms. The van der Waals surface area contributed by atoms with Crippen LogP contribution in [0.2, 0.25) is 0 Å². The maximum absolute atomic E-state index is 9.60. The van der Waals surface area contributed by atoms with Crippen LogP contribution in [0.4, 0.5) is 11.9 Å². The van der Waals surface area contributed by atoms with Crippen molar-refractivity contribution in [3.63, 3.8) is 0 Å². The Morgan fingerprint density at radius 3 is 2.52 bits per heavy atom. The molecular formula is C15H20N8. The van der Waals surface area contributed by atoms with Gasteiger partial charge in [0.15, 0.2) is 0 Å². The predicted octanol–water partition coefficient (Wildman–Crippen LogP) is 2.05. The van der Waals surface area contributed by atoms with Crippen LogP contribution in [0, 0.1) is 18.3 Å². The van der Waals surface area contributed by atoms with E-state index in [0.717, 1.165) is 31.2 Å². The summed E-state index contributed by atoms with van der Waals surface area (Å²) in [5.74, 6) is 1.26. The van der Waals surface area contributed by atoms with Crippen molar-refractivity contribution in [2.75, 3.05) is 17.7 Å². The van der Waals surface area contributed by atoms with Crippen LogP contribution < -0.4 is 10.6 Å². The third-order valence-electron chi connectivity index (χ3n) is 4.04. The number of nitriles is 1. The topological polar surface area (TPSA) is 104 Å². The minimum Gasteiger partial charge on any atom is -0.357 e. The van der Waals surface area contributed by atoms with Gasteiger partial charge in [-0.25, -0.2) is 4.68 Å². The Bertz CT molecular complexity index is 723. The van der Waals surface area contributed by atoms with Gasteiger partial charge in [-0.3, -0.25) is 0 Å². The fourth-order valence-electron chi connectivity index (χ4n) is 2.79. The van der Waals surface area contributed by atoms with Crippen molar-refractivity contribution in [3.05, 3.63) is 18.0 Å². The van der Waals surface area contributed by atoms with Crippen LogP contribution in [-0.4, -0.2) is 37.3 Å². The lowest BCUT2D eigenvalue weighted by Crippen LogP contribution is -2.39. The lowest BCUT2D eigenvalue weighted by Gasteiger charge is -2.31. The molecule has 23 heavy (non-hydrogen) atoms. The van der Waals surface area contributed by atoms with Crippen LogP contribution in [-0.2, 0) is 0 Å². The van der Waals surface area contributed by atoms with Crippen molar-refractivity contribution >= 4 is 11.9 Å². The number of anilines is 2. The second-order valence-electron chi connectivity index (χ2n) is 5.87. The second-order valence-corrected chi connectivity index (χ2v) is 5.87. The SMILES string of the molecule is CNc1nc(NC2(C#N)CCCCC2)nc(-n2cc(C)cn2)n1. The van der Waals surface area contributed by atoms with Gasteiger partial charge >= 0.3 is 0 Å². The first-order chi connectivity index (χ1) is 11.1. The zero-order valence-electron chi connectivity index (χ0n) is 13.4. The summed E-state index contributed by atoms with van der Waals surface area (Å²) in [5.41, 5.74) is 0.425. The number of rotatable bonds is 4. The first-order valence-electron chi connectivity index (χ1n) is 7.79. The van der Waals surface area contributed by atoms with Gasteiger partial charge in [0.1, 0.15) is 5.54 Å². The van der Waals surface area contributed by atoms with E-state index in [-0.39, 0.29) is 0 Å². The van der Waals surface area contributed by atoms with E-state index in [4.69, 9.17) is 0 Å². The van der Waals surface area contributed by atoms with Crippen LogP contribution in [0.1, 0.15) is 37.7 Å². The summed E-state index contributed by atoms with van der Waals surface area (Å²) in [7, 11) is 1.75. The largest absolute Gasteiger partial charge is 0.357 e. The maximum Gasteiger partial charge on any atom is 0.257 e. The molecule has 8 heteroatoms. The van der Waals surface area contributed by atoms with Crippen LogP contribution in [0.15, 0.2) is 12.4 Å². The third kappa shape index (κ3) is 3.23. The van der Waals surface area contributed by atoms with Gasteiger partial charge in [-0.15, -0.1) is 0 Å². The third-order valence-corrected chi connectivity index (χ3v) is 4.04. The summed E-state index contributed by atoms with van der Waals surface area (Å²) in [4.78, 5) is 13.1. The van der Waals surface area contributed by atoms with Crippen molar-refractivity contribution in [1.29, 1.82) is 5.26 Å². The van der Waals surface area contributed by atoms with E-state index in [2.05, 4.69) is 36.8 Å². The van der Waals surface area contributed by atoms with Gasteiger partial charge in [0.05, 0.1) is 12.3 Å². The van der Waals surface area contributed by atoms with Gasteiger partial charge in [0, 0.05) is 13.2 Å². The van der Waals surface area contributed by atoms with E-state index in [1.54, 1.807) is 17.9 Å². The molecule has 1 saturated carbocycles. The summed E-state index contributed by atoms with van der Waals surface area (Å²) >= 11 is 0. The Morgan fingerprint density at radius 2 is 1.91 bits per heavy atom. The number of nitrogens with zero attached hydrogens (tertiary/aromatic N) is 6. The van der Waals surface area contributed by atoms with Crippen LogP contribution in [0.3, 0.4) is 0 Å². The molecule has 0 aromatic carbocycles. The molecule has 120 valence electrons. The maximum atomic E-state index is 9.60. The Morgan fingerprint density at radius 1 is 1.17 bits per heavy atom. The van der Waals surface area contributed by atoms with Crippen molar-refractivity contribution in [2.45, 2.75) is 44.6 Å². The molecule has 1 aliphatic carbocycles. The number of nitrogens with one attached hydrogen (secondary N) is 2. The first kappa shape index (κ1) is 15.2. The molecule has 2 N–H and O–H groups in total. The molecule has 0 radical (unpaired) electrons. The Hall–Kier alpha value is -2.69. The van der Waals surface area contributed by atoms with Crippen molar-refractivity contribution in [2.24, 2.45) is 0 Å². The fourth-order valence-corrected chi connectivity index (χ4v) is 2.79. The van der Waals surface area contributed by atoms with E-state index in [1.165, 1.54) is 6.42 Å². The highest BCUT2D eigenvalue weighted by Crippen LogP contribution is 2.30. The summed E-state index contributed by atoms with van der Waals surface area (Å²) in [6.07, 6.45) is 8.45. The van der Waals surface area contributed by atoms with E-state index < -0.39 is 5.54 Å². The zero-order valence-corrected chi connectivity index (χ0v) is 13.4. The normalized spacial score (nSPS) is 16.6. The van der Waals surface area contributed by atoms with Crippen molar-refractivity contribution in [1.82, 2.24) is 24.7 Å². The highest BCUT2D eigenvalue weighted by Gasteiger charge is 2.33. The lowest BCUT2D eigenvalue weighted by molar-refractivity contribution is 0.390. The number of hydrogen-bond donors (Lipinski definition) is 2. The predicted molar refractivity (Wildman–Crippen MR) is 86.3 cm³/mol. The molecule has 1 fully saturated rings. The molecule has 2 aromatic rings. The molecule has 2 heterocycles. The fraction of sp³-hybridized carbons (Fsp3) is 0.533. The van der Waals surface area contributed by atoms with Crippen molar-refractivity contribution in [3.8, 4) is 12.0 Å². The summed E-state index contributed by atoms with van der Waals surface area (Å²) < 4.78 is 1.60. The average molecular weight is 312 g/mol. The van der Waals surface area contributed by atoms with E-state index in [0.29, 0.717) is 17.8 Å². The first-order valence-corrected chi connectivity index (χ1v) is 7.79. The van der Waals surface area contributed by atoms with Gasteiger partial charge in [0.25, 0.3) is 5.95 Å². The van der Waals surface area contributed by atoms with Crippen LogP contribution in [0.25, 0.3) is 5.95 Å². The van der Waals surface area contributed by atoms with Gasteiger partial charge in [0.2, 0.25) is 11.9 Å². The summed E-state index contributed by atoms with van der Waals surface area (Å²) in [5, 5.41) is 20.0. The smallest absolute Gasteiger partial charge is 0.257 e. The van der Waals surface area contributed by atoms with Crippen LogP contribution in [0.5, 0.6) is 0 Å². The number of aryl methyl sites for hydroxylation is 1. The molecule has 0 unspecified atom stereocenters. The average Bonchev–Trinajstić information content (AvgIpc) is 3.02. The Kier molecular flexibility index (Phi) is 4.10. The lowest BCUT2D eigenvalue weighted by atomic mass is 9.83. The molecule has 0 aliphatic heterocycles. The molecule has 0 saturated heterocycles. The van der Waals surface area contributed by atoms with E-state index in [1.807, 2.05) is 13.1 Å². The molecule has 3 rings (SSSR count). The highest BCUT2D eigenvalue weighted by atomic mass is 15.4. The Balaban J connectivity index is 1.94. The number of aromatic nitrogens is 5. The molecule has 0 atom stereocenters. The molecule has 0 amide bonds. The van der Waals surface area contributed by atoms with Crippen molar-refractivity contribution < 1.29 is 0 Å². The Labute approximate surface area is 135 Å². The summed E-state index contributed by atoms with van der Waals surface area (Å²) in [6, 6.07) is 2.41. The number of hydrogen-bond acceptors (Lipinski definition) is 7.